The van der Waals surface area contributed by atoms with Crippen molar-refractivity contribution in [2.45, 2.75) is 38.8 Å². The lowest BCUT2D eigenvalue weighted by Crippen LogP contribution is -2.12. The molecule has 1 fully saturated rings. The summed E-state index contributed by atoms with van der Waals surface area (Å²) >= 11 is 0. The third-order valence-corrected chi connectivity index (χ3v) is 2.94. The summed E-state index contributed by atoms with van der Waals surface area (Å²) in [6.07, 6.45) is 1.08. The molecule has 2 heterocycles. The summed E-state index contributed by atoms with van der Waals surface area (Å²) < 4.78 is 7.37. The molecule has 1 aliphatic heterocycles. The summed E-state index contributed by atoms with van der Waals surface area (Å²) in [5.74, 6) is 0.468. The number of nitrogens with zero attached hydrogens (tertiary/aromatic N) is 2. The van der Waals surface area contributed by atoms with Gasteiger partial charge in [-0.1, -0.05) is 0 Å². The highest BCUT2D eigenvalue weighted by atomic mass is 16.5. The van der Waals surface area contributed by atoms with E-state index in [9.17, 15) is 0 Å². The van der Waals surface area contributed by atoms with E-state index in [1.54, 1.807) is 0 Å². The van der Waals surface area contributed by atoms with Crippen LogP contribution in [0.2, 0.25) is 0 Å². The number of aromatic nitrogens is 2. The highest BCUT2D eigenvalue weighted by Gasteiger charge is 2.22. The van der Waals surface area contributed by atoms with Gasteiger partial charge in [-0.2, -0.15) is 5.10 Å². The van der Waals surface area contributed by atoms with Gasteiger partial charge in [0.1, 0.15) is 0 Å². The summed E-state index contributed by atoms with van der Waals surface area (Å²) in [7, 11) is 0. The van der Waals surface area contributed by atoms with Gasteiger partial charge in [0.05, 0.1) is 18.0 Å². The Kier molecular flexibility index (Phi) is 3.07. The predicted molar refractivity (Wildman–Crippen MR) is 58.7 cm³/mol. The number of ether oxygens (including phenoxy) is 1. The second-order valence-electron chi connectivity index (χ2n) is 4.16. The molecule has 1 aromatic rings. The Bertz CT molecular complexity index is 327. The van der Waals surface area contributed by atoms with Crippen LogP contribution in [0, 0.1) is 0 Å². The molecule has 0 saturated carbocycles. The first-order valence-electron chi connectivity index (χ1n) is 5.63. The number of nitrogens with two attached hydrogens (primary N) is 1. The Morgan fingerprint density at radius 3 is 3.00 bits per heavy atom. The van der Waals surface area contributed by atoms with Crippen LogP contribution < -0.4 is 5.73 Å². The average Bonchev–Trinajstić information content (AvgIpc) is 2.86. The maximum atomic E-state index is 5.91. The molecule has 2 atom stereocenters. The molecule has 1 saturated heterocycles. The molecule has 1 aromatic heterocycles. The van der Waals surface area contributed by atoms with E-state index in [0.717, 1.165) is 37.6 Å². The van der Waals surface area contributed by atoms with E-state index in [1.807, 2.05) is 11.6 Å². The summed E-state index contributed by atoms with van der Waals surface area (Å²) in [6, 6.07) is 2.18. The van der Waals surface area contributed by atoms with Gasteiger partial charge in [-0.05, 0) is 26.3 Å². The summed E-state index contributed by atoms with van der Waals surface area (Å²) in [4.78, 5) is 0. The quantitative estimate of drug-likeness (QED) is 0.819. The molecular formula is C11H19N3O. The number of hydrogen-bond acceptors (Lipinski definition) is 3. The van der Waals surface area contributed by atoms with Gasteiger partial charge in [0, 0.05) is 25.1 Å². The fraction of sp³-hybridized carbons (Fsp3) is 0.727. The number of hydrogen-bond donors (Lipinski definition) is 1. The van der Waals surface area contributed by atoms with Crippen LogP contribution >= 0.6 is 0 Å². The Morgan fingerprint density at radius 2 is 2.53 bits per heavy atom. The zero-order valence-corrected chi connectivity index (χ0v) is 9.44. The maximum Gasteiger partial charge on any atom is 0.0682 e. The first-order chi connectivity index (χ1) is 7.22. The Hall–Kier alpha value is -0.870. The first-order valence-corrected chi connectivity index (χ1v) is 5.63. The maximum absolute atomic E-state index is 5.91. The number of aryl methyl sites for hydroxylation is 1. The van der Waals surface area contributed by atoms with Gasteiger partial charge in [0.25, 0.3) is 0 Å². The molecule has 0 aliphatic carbocycles. The van der Waals surface area contributed by atoms with Crippen molar-refractivity contribution in [1.29, 1.82) is 0 Å². The van der Waals surface area contributed by atoms with E-state index in [2.05, 4.69) is 18.1 Å². The Morgan fingerprint density at radius 1 is 1.73 bits per heavy atom. The molecule has 0 amide bonds. The van der Waals surface area contributed by atoms with Crippen molar-refractivity contribution in [1.82, 2.24) is 9.78 Å². The minimum Gasteiger partial charge on any atom is -0.381 e. The summed E-state index contributed by atoms with van der Waals surface area (Å²) in [6.45, 7) is 6.63. The molecule has 2 rings (SSSR count). The van der Waals surface area contributed by atoms with Gasteiger partial charge in [0.15, 0.2) is 0 Å². The van der Waals surface area contributed by atoms with Crippen LogP contribution in [0.4, 0.5) is 0 Å². The third kappa shape index (κ3) is 2.06. The molecule has 0 bridgehead atoms. The van der Waals surface area contributed by atoms with Crippen molar-refractivity contribution in [3.63, 3.8) is 0 Å². The number of rotatable bonds is 3. The lowest BCUT2D eigenvalue weighted by atomic mass is 10.0. The molecular weight excluding hydrogens is 190 g/mol. The SMILES string of the molecule is CCn1nc(C2CCOC2)cc1[C@H](C)N. The van der Waals surface area contributed by atoms with Crippen molar-refractivity contribution in [3.05, 3.63) is 17.5 Å². The smallest absolute Gasteiger partial charge is 0.0682 e. The van der Waals surface area contributed by atoms with Crippen molar-refractivity contribution >= 4 is 0 Å². The summed E-state index contributed by atoms with van der Waals surface area (Å²) in [5.41, 5.74) is 8.17. The van der Waals surface area contributed by atoms with E-state index < -0.39 is 0 Å². The lowest BCUT2D eigenvalue weighted by molar-refractivity contribution is 0.193. The van der Waals surface area contributed by atoms with Crippen LogP contribution in [0.15, 0.2) is 6.07 Å². The van der Waals surface area contributed by atoms with Crippen LogP contribution in [-0.4, -0.2) is 23.0 Å². The molecule has 84 valence electrons. The molecule has 2 N–H and O–H groups in total. The molecule has 4 nitrogen and oxygen atoms in total. The van der Waals surface area contributed by atoms with Crippen LogP contribution in [0.3, 0.4) is 0 Å². The van der Waals surface area contributed by atoms with Gasteiger partial charge in [0.2, 0.25) is 0 Å². The van der Waals surface area contributed by atoms with E-state index in [-0.39, 0.29) is 6.04 Å². The standard InChI is InChI=1S/C11H19N3O/c1-3-14-11(8(2)12)6-10(13-14)9-4-5-15-7-9/h6,8-9H,3-5,7,12H2,1-2H3/t8-,9?/m0/s1. The average molecular weight is 209 g/mol. The minimum absolute atomic E-state index is 0.0496. The third-order valence-electron chi connectivity index (χ3n) is 2.94. The zero-order chi connectivity index (χ0) is 10.8. The molecule has 0 radical (unpaired) electrons. The minimum atomic E-state index is 0.0496. The first kappa shape index (κ1) is 10.6. The topological polar surface area (TPSA) is 53.1 Å². The monoisotopic (exact) mass is 209 g/mol. The molecule has 15 heavy (non-hydrogen) atoms. The van der Waals surface area contributed by atoms with Crippen molar-refractivity contribution in [2.75, 3.05) is 13.2 Å². The highest BCUT2D eigenvalue weighted by Crippen LogP contribution is 2.26. The van der Waals surface area contributed by atoms with Gasteiger partial charge in [-0.25, -0.2) is 0 Å². The predicted octanol–water partition coefficient (Wildman–Crippen LogP) is 1.43. The van der Waals surface area contributed by atoms with E-state index in [4.69, 9.17) is 10.5 Å². The molecule has 1 aliphatic rings. The van der Waals surface area contributed by atoms with Gasteiger partial charge in [-0.15, -0.1) is 0 Å². The van der Waals surface area contributed by atoms with Gasteiger partial charge >= 0.3 is 0 Å². The summed E-state index contributed by atoms with van der Waals surface area (Å²) in [5, 5.41) is 4.59. The molecule has 1 unspecified atom stereocenters. The van der Waals surface area contributed by atoms with Crippen molar-refractivity contribution < 1.29 is 4.74 Å². The van der Waals surface area contributed by atoms with Crippen molar-refractivity contribution in [2.24, 2.45) is 5.73 Å². The fourth-order valence-corrected chi connectivity index (χ4v) is 2.04. The van der Waals surface area contributed by atoms with Crippen LogP contribution in [0.25, 0.3) is 0 Å². The molecule has 0 aromatic carbocycles. The van der Waals surface area contributed by atoms with E-state index in [0.29, 0.717) is 5.92 Å². The van der Waals surface area contributed by atoms with Gasteiger partial charge < -0.3 is 10.5 Å². The van der Waals surface area contributed by atoms with Gasteiger partial charge in [-0.3, -0.25) is 4.68 Å². The zero-order valence-electron chi connectivity index (χ0n) is 9.44. The Labute approximate surface area is 90.4 Å². The normalized spacial score (nSPS) is 23.3. The largest absolute Gasteiger partial charge is 0.381 e. The molecule has 0 spiro atoms. The van der Waals surface area contributed by atoms with Crippen molar-refractivity contribution in [3.8, 4) is 0 Å². The highest BCUT2D eigenvalue weighted by molar-refractivity contribution is 5.17. The van der Waals surface area contributed by atoms with Crippen LogP contribution in [0.1, 0.15) is 43.6 Å². The second-order valence-corrected chi connectivity index (χ2v) is 4.16. The van der Waals surface area contributed by atoms with Crippen LogP contribution in [-0.2, 0) is 11.3 Å². The van der Waals surface area contributed by atoms with Crippen LogP contribution in [0.5, 0.6) is 0 Å². The fourth-order valence-electron chi connectivity index (χ4n) is 2.04. The van der Waals surface area contributed by atoms with E-state index >= 15 is 0 Å². The lowest BCUT2D eigenvalue weighted by Gasteiger charge is -2.06. The second kappa shape index (κ2) is 4.33. The Balaban J connectivity index is 2.25. The molecule has 4 heteroatoms. The van der Waals surface area contributed by atoms with E-state index in [1.165, 1.54) is 0 Å².